The Hall–Kier alpha value is -3.47. The lowest BCUT2D eigenvalue weighted by Crippen LogP contribution is -2.60. The number of carbonyl (C=O) groups is 3. The van der Waals surface area contributed by atoms with Crippen LogP contribution in [-0.2, 0) is 20.7 Å². The third kappa shape index (κ3) is 3.40. The topological polar surface area (TPSA) is 63.7 Å². The molecule has 29 heavy (non-hydrogen) atoms. The van der Waals surface area contributed by atoms with E-state index >= 15 is 0 Å². The van der Waals surface area contributed by atoms with E-state index in [2.05, 4.69) is 0 Å². The monoisotopic (exact) mass is 387 g/mol. The van der Waals surface area contributed by atoms with Crippen molar-refractivity contribution in [2.75, 3.05) is 13.7 Å². The molecular weight excluding hydrogens is 366 g/mol. The zero-order chi connectivity index (χ0) is 20.4. The van der Waals surface area contributed by atoms with Gasteiger partial charge in [0.25, 0.3) is 5.91 Å². The van der Waals surface area contributed by atoms with Gasteiger partial charge in [0.1, 0.15) is 0 Å². The van der Waals surface area contributed by atoms with Crippen molar-refractivity contribution < 1.29 is 19.1 Å². The van der Waals surface area contributed by atoms with Crippen molar-refractivity contribution in [2.24, 2.45) is 0 Å². The van der Waals surface area contributed by atoms with Gasteiger partial charge in [-0.05, 0) is 41.0 Å². The zero-order valence-electron chi connectivity index (χ0n) is 16.1. The van der Waals surface area contributed by atoms with Gasteiger partial charge in [-0.2, -0.15) is 0 Å². The van der Waals surface area contributed by atoms with Gasteiger partial charge < -0.3 is 9.64 Å². The molecule has 2 aliphatic rings. The molecule has 0 saturated heterocycles. The van der Waals surface area contributed by atoms with Crippen LogP contribution in [0.4, 0.5) is 0 Å². The summed E-state index contributed by atoms with van der Waals surface area (Å²) in [5.41, 5.74) is 1.65. The summed E-state index contributed by atoms with van der Waals surface area (Å²) in [6.45, 7) is 0.188. The van der Waals surface area contributed by atoms with Crippen LogP contribution in [-0.4, -0.2) is 41.8 Å². The molecule has 1 aliphatic carbocycles. The number of rotatable bonds is 4. The fraction of sp³-hybridized carbons (Fsp3) is 0.208. The van der Waals surface area contributed by atoms with Crippen molar-refractivity contribution in [3.8, 4) is 0 Å². The third-order valence-corrected chi connectivity index (χ3v) is 5.46. The van der Waals surface area contributed by atoms with E-state index in [1.165, 1.54) is 12.0 Å². The highest BCUT2D eigenvalue weighted by Gasteiger charge is 2.50. The van der Waals surface area contributed by atoms with Crippen LogP contribution < -0.4 is 0 Å². The van der Waals surface area contributed by atoms with Gasteiger partial charge in [0.15, 0.2) is 11.3 Å². The largest absolute Gasteiger partial charge is 0.467 e. The number of methoxy groups -OCH3 is 1. The maximum absolute atomic E-state index is 13.5. The molecule has 0 bridgehead atoms. The number of fused-ring (bicyclic) bond motifs is 1. The third-order valence-electron chi connectivity index (χ3n) is 5.46. The number of benzene rings is 2. The van der Waals surface area contributed by atoms with Gasteiger partial charge in [-0.1, -0.05) is 48.5 Å². The summed E-state index contributed by atoms with van der Waals surface area (Å²) in [6, 6.07) is 18.4. The summed E-state index contributed by atoms with van der Waals surface area (Å²) in [7, 11) is 1.32. The number of nitrogens with zero attached hydrogens (tertiary/aromatic N) is 1. The van der Waals surface area contributed by atoms with E-state index < -0.39 is 11.5 Å². The standard InChI is InChI=1S/C24H21NO4/c1-29-23(28)24(14-17-8-4-2-5-9-17)15-19-12-21(26)13-20(19)16-25(24)22(27)18-10-6-3-7-11-18/h2-11,13,15H,12,14,16H2,1H3/t24-/m1/s1. The Morgan fingerprint density at radius 3 is 2.31 bits per heavy atom. The van der Waals surface area contributed by atoms with Gasteiger partial charge in [0, 0.05) is 24.9 Å². The number of hydrogen-bond donors (Lipinski definition) is 0. The quantitative estimate of drug-likeness (QED) is 0.756. The molecule has 1 atom stereocenters. The lowest BCUT2D eigenvalue weighted by molar-refractivity contribution is -0.150. The van der Waals surface area contributed by atoms with Crippen molar-refractivity contribution in [1.82, 2.24) is 4.90 Å². The molecule has 0 spiro atoms. The molecule has 5 nitrogen and oxygen atoms in total. The van der Waals surface area contributed by atoms with E-state index in [9.17, 15) is 14.4 Å². The Morgan fingerprint density at radius 2 is 1.66 bits per heavy atom. The minimum atomic E-state index is -1.32. The minimum absolute atomic E-state index is 0.0151. The summed E-state index contributed by atoms with van der Waals surface area (Å²) in [4.78, 5) is 40.2. The van der Waals surface area contributed by atoms with Gasteiger partial charge in [-0.3, -0.25) is 9.59 Å². The van der Waals surface area contributed by atoms with Crippen molar-refractivity contribution in [2.45, 2.75) is 18.4 Å². The maximum Gasteiger partial charge on any atom is 0.336 e. The Kier molecular flexibility index (Phi) is 4.89. The second-order valence-electron chi connectivity index (χ2n) is 7.32. The highest BCUT2D eigenvalue weighted by atomic mass is 16.5. The number of amides is 1. The summed E-state index contributed by atoms with van der Waals surface area (Å²) < 4.78 is 5.18. The Bertz CT molecular complexity index is 1020. The van der Waals surface area contributed by atoms with E-state index in [0.29, 0.717) is 5.56 Å². The van der Waals surface area contributed by atoms with E-state index in [0.717, 1.165) is 16.7 Å². The molecule has 0 saturated carbocycles. The van der Waals surface area contributed by atoms with Gasteiger partial charge in [-0.15, -0.1) is 0 Å². The summed E-state index contributed by atoms with van der Waals surface area (Å²) in [5, 5.41) is 0. The smallest absolute Gasteiger partial charge is 0.336 e. The molecule has 0 radical (unpaired) electrons. The molecule has 0 fully saturated rings. The molecule has 5 heteroatoms. The first-order chi connectivity index (χ1) is 14.0. The van der Waals surface area contributed by atoms with Crippen molar-refractivity contribution in [3.05, 3.63) is 95.1 Å². The van der Waals surface area contributed by atoms with Crippen molar-refractivity contribution >= 4 is 17.7 Å². The zero-order valence-corrected chi connectivity index (χ0v) is 16.1. The second kappa shape index (κ2) is 7.51. The van der Waals surface area contributed by atoms with E-state index in [1.54, 1.807) is 36.4 Å². The van der Waals surface area contributed by atoms with Crippen LogP contribution in [0.15, 0.2) is 84.0 Å². The average molecular weight is 387 g/mol. The number of esters is 1. The van der Waals surface area contributed by atoms with Crippen LogP contribution in [0, 0.1) is 0 Å². The number of ether oxygens (including phenoxy) is 1. The van der Waals surface area contributed by atoms with Crippen LogP contribution in [0.3, 0.4) is 0 Å². The van der Waals surface area contributed by atoms with Crippen LogP contribution in [0.5, 0.6) is 0 Å². The lowest BCUT2D eigenvalue weighted by atomic mass is 9.81. The van der Waals surface area contributed by atoms with E-state index in [4.69, 9.17) is 4.74 Å². The van der Waals surface area contributed by atoms with Gasteiger partial charge in [0.2, 0.25) is 0 Å². The second-order valence-corrected chi connectivity index (χ2v) is 7.32. The predicted octanol–water partition coefficient (Wildman–Crippen LogP) is 3.12. The molecule has 2 aromatic rings. The van der Waals surface area contributed by atoms with Crippen LogP contribution in [0.2, 0.25) is 0 Å². The van der Waals surface area contributed by atoms with E-state index in [-0.39, 0.29) is 31.1 Å². The first-order valence-electron chi connectivity index (χ1n) is 9.48. The summed E-state index contributed by atoms with van der Waals surface area (Å²) in [6.07, 6.45) is 3.84. The molecular formula is C24H21NO4. The minimum Gasteiger partial charge on any atom is -0.467 e. The van der Waals surface area contributed by atoms with Crippen LogP contribution in [0.25, 0.3) is 0 Å². The Morgan fingerprint density at radius 1 is 1.00 bits per heavy atom. The number of ketones is 1. The van der Waals surface area contributed by atoms with Crippen LogP contribution >= 0.6 is 0 Å². The molecule has 4 rings (SSSR count). The predicted molar refractivity (Wildman–Crippen MR) is 108 cm³/mol. The van der Waals surface area contributed by atoms with Crippen molar-refractivity contribution in [3.63, 3.8) is 0 Å². The van der Waals surface area contributed by atoms with Crippen LogP contribution in [0.1, 0.15) is 22.3 Å². The molecule has 0 unspecified atom stereocenters. The fourth-order valence-corrected chi connectivity index (χ4v) is 4.07. The Balaban J connectivity index is 1.87. The highest BCUT2D eigenvalue weighted by Crippen LogP contribution is 2.38. The molecule has 1 amide bonds. The molecule has 0 aromatic heterocycles. The molecule has 146 valence electrons. The first kappa shape index (κ1) is 18.9. The SMILES string of the molecule is COC(=O)[C@@]1(Cc2ccccc2)C=C2CC(=O)C=C2CN1C(=O)c1ccccc1. The first-order valence-corrected chi connectivity index (χ1v) is 9.48. The Labute approximate surface area is 169 Å². The van der Waals surface area contributed by atoms with Gasteiger partial charge in [0.05, 0.1) is 7.11 Å². The average Bonchev–Trinajstić information content (AvgIpc) is 3.11. The molecule has 0 N–H and O–H groups in total. The number of carbonyl (C=O) groups excluding carboxylic acids is 3. The molecule has 1 heterocycles. The fourth-order valence-electron chi connectivity index (χ4n) is 4.07. The van der Waals surface area contributed by atoms with Gasteiger partial charge >= 0.3 is 5.97 Å². The van der Waals surface area contributed by atoms with E-state index in [1.807, 2.05) is 36.4 Å². The van der Waals surface area contributed by atoms with Gasteiger partial charge in [-0.25, -0.2) is 4.79 Å². The highest BCUT2D eigenvalue weighted by molar-refractivity contribution is 6.03. The van der Waals surface area contributed by atoms with Crippen molar-refractivity contribution in [1.29, 1.82) is 0 Å². The summed E-state index contributed by atoms with van der Waals surface area (Å²) in [5.74, 6) is -0.808. The lowest BCUT2D eigenvalue weighted by Gasteiger charge is -2.43. The number of hydrogen-bond acceptors (Lipinski definition) is 4. The summed E-state index contributed by atoms with van der Waals surface area (Å²) >= 11 is 0. The normalized spacial score (nSPS) is 20.6. The number of allylic oxidation sites excluding steroid dienone is 1. The molecule has 1 aliphatic heterocycles. The maximum atomic E-state index is 13.5. The molecule has 2 aromatic carbocycles.